The van der Waals surface area contributed by atoms with Gasteiger partial charge in [0.15, 0.2) is 0 Å². The number of halogens is 2. The quantitative estimate of drug-likeness (QED) is 0.405. The Morgan fingerprint density at radius 2 is 1.72 bits per heavy atom. The van der Waals surface area contributed by atoms with Crippen LogP contribution in [0.1, 0.15) is 12.0 Å². The molecule has 0 saturated carbocycles. The Morgan fingerprint density at radius 1 is 1.07 bits per heavy atom. The number of carbonyl (C=O) groups excluding carboxylic acids is 3. The molecule has 0 aromatic heterocycles. The van der Waals surface area contributed by atoms with E-state index < -0.39 is 23.8 Å². The van der Waals surface area contributed by atoms with E-state index in [0.717, 1.165) is 16.7 Å². The summed E-state index contributed by atoms with van der Waals surface area (Å²) < 4.78 is 13.3. The zero-order valence-corrected chi connectivity index (χ0v) is 17.1. The fourth-order valence-corrected chi connectivity index (χ4v) is 4.62. The van der Waals surface area contributed by atoms with E-state index in [1.165, 1.54) is 29.2 Å². The van der Waals surface area contributed by atoms with Gasteiger partial charge in [0.05, 0.1) is 17.0 Å². The van der Waals surface area contributed by atoms with Gasteiger partial charge in [0.25, 0.3) is 11.8 Å². The Kier molecular flexibility index (Phi) is 5.24. The predicted octanol–water partition coefficient (Wildman–Crippen LogP) is 4.01. The van der Waals surface area contributed by atoms with Crippen molar-refractivity contribution in [2.75, 3.05) is 4.90 Å². The minimum absolute atomic E-state index is 0.155. The lowest BCUT2D eigenvalue weighted by Crippen LogP contribution is -2.44. The standard InChI is InChI=1S/C20H12ClFN2O3S2/c21-12-3-7-14(8-4-12)23-17(25)10-15(18(23)26)24-19(27)16(29-20(24)28)9-11-1-5-13(22)6-2-11/h1-9,15H,10H2/b16-9-. The predicted molar refractivity (Wildman–Crippen MR) is 114 cm³/mol. The number of thioether (sulfide) groups is 1. The van der Waals surface area contributed by atoms with E-state index in [1.54, 1.807) is 30.3 Å². The van der Waals surface area contributed by atoms with Crippen LogP contribution in [0, 0.1) is 5.82 Å². The van der Waals surface area contributed by atoms with E-state index in [-0.39, 0.29) is 16.6 Å². The van der Waals surface area contributed by atoms with Crippen molar-refractivity contribution in [1.29, 1.82) is 0 Å². The zero-order valence-electron chi connectivity index (χ0n) is 14.7. The van der Waals surface area contributed by atoms with Crippen molar-refractivity contribution < 1.29 is 18.8 Å². The summed E-state index contributed by atoms with van der Waals surface area (Å²) in [5, 5.41) is 0.479. The first-order valence-electron chi connectivity index (χ1n) is 8.50. The maximum atomic E-state index is 13.1. The molecule has 2 aromatic rings. The molecule has 0 bridgehead atoms. The largest absolute Gasteiger partial charge is 0.280 e. The van der Waals surface area contributed by atoms with Crippen LogP contribution in [0.5, 0.6) is 0 Å². The van der Waals surface area contributed by atoms with Crippen LogP contribution in [-0.2, 0) is 14.4 Å². The van der Waals surface area contributed by atoms with Gasteiger partial charge in [-0.25, -0.2) is 9.29 Å². The molecule has 0 spiro atoms. The van der Waals surface area contributed by atoms with E-state index in [4.69, 9.17) is 23.8 Å². The second kappa shape index (κ2) is 7.70. The summed E-state index contributed by atoms with van der Waals surface area (Å²) in [5.74, 6) is -1.77. The number of rotatable bonds is 3. The first-order valence-corrected chi connectivity index (χ1v) is 10.1. The van der Waals surface area contributed by atoms with Crippen LogP contribution in [0.2, 0.25) is 5.02 Å². The fourth-order valence-electron chi connectivity index (χ4n) is 3.14. The van der Waals surface area contributed by atoms with Crippen LogP contribution >= 0.6 is 35.6 Å². The van der Waals surface area contributed by atoms with Gasteiger partial charge in [0.1, 0.15) is 16.2 Å². The number of hydrogen-bond donors (Lipinski definition) is 0. The van der Waals surface area contributed by atoms with E-state index in [0.29, 0.717) is 21.2 Å². The van der Waals surface area contributed by atoms with E-state index in [1.807, 2.05) is 0 Å². The Balaban J connectivity index is 1.59. The maximum Gasteiger partial charge on any atom is 0.266 e. The van der Waals surface area contributed by atoms with Crippen LogP contribution < -0.4 is 4.90 Å². The Hall–Kier alpha value is -2.55. The maximum absolute atomic E-state index is 13.1. The third-order valence-corrected chi connectivity index (χ3v) is 6.09. The molecule has 2 aromatic carbocycles. The molecule has 146 valence electrons. The average Bonchev–Trinajstić information content (AvgIpc) is 3.12. The molecule has 2 aliphatic rings. The van der Waals surface area contributed by atoms with Crippen molar-refractivity contribution in [3.8, 4) is 0 Å². The smallest absolute Gasteiger partial charge is 0.266 e. The summed E-state index contributed by atoms with van der Waals surface area (Å²) in [6.07, 6.45) is 1.43. The number of anilines is 1. The van der Waals surface area contributed by atoms with Crippen LogP contribution in [0.25, 0.3) is 6.08 Å². The summed E-state index contributed by atoms with van der Waals surface area (Å²) in [5.41, 5.74) is 1.02. The van der Waals surface area contributed by atoms with Crippen molar-refractivity contribution in [1.82, 2.24) is 4.90 Å². The average molecular weight is 447 g/mol. The van der Waals surface area contributed by atoms with Gasteiger partial charge in [-0.15, -0.1) is 0 Å². The summed E-state index contributed by atoms with van der Waals surface area (Å²) in [6, 6.07) is 10.9. The Bertz CT molecular complexity index is 1070. The van der Waals surface area contributed by atoms with Crippen LogP contribution in [0.15, 0.2) is 53.4 Å². The highest BCUT2D eigenvalue weighted by atomic mass is 35.5. The van der Waals surface area contributed by atoms with Crippen molar-refractivity contribution in [3.63, 3.8) is 0 Å². The molecule has 2 aliphatic heterocycles. The van der Waals surface area contributed by atoms with Gasteiger partial charge in [0.2, 0.25) is 5.91 Å². The van der Waals surface area contributed by atoms with Crippen LogP contribution in [-0.4, -0.2) is 33.0 Å². The minimum Gasteiger partial charge on any atom is -0.280 e. The molecule has 1 atom stereocenters. The second-order valence-corrected chi connectivity index (χ2v) is 8.48. The number of thiocarbonyl (C=S) groups is 1. The highest BCUT2D eigenvalue weighted by Gasteiger charge is 2.48. The van der Waals surface area contributed by atoms with Crippen molar-refractivity contribution in [2.24, 2.45) is 0 Å². The fraction of sp³-hybridized carbons (Fsp3) is 0.100. The number of amides is 3. The van der Waals surface area contributed by atoms with Crippen LogP contribution in [0.4, 0.5) is 10.1 Å². The van der Waals surface area contributed by atoms with E-state index in [2.05, 4.69) is 0 Å². The van der Waals surface area contributed by atoms with E-state index >= 15 is 0 Å². The SMILES string of the molecule is O=C1CC(N2C(=O)/C(=C/c3ccc(F)cc3)SC2=S)C(=O)N1c1ccc(Cl)cc1. The molecule has 1 unspecified atom stereocenters. The third kappa shape index (κ3) is 3.71. The highest BCUT2D eigenvalue weighted by Crippen LogP contribution is 2.37. The van der Waals surface area contributed by atoms with E-state index in [9.17, 15) is 18.8 Å². The lowest BCUT2D eigenvalue weighted by Gasteiger charge is -2.21. The molecule has 5 nitrogen and oxygen atoms in total. The van der Waals surface area contributed by atoms with Gasteiger partial charge in [-0.3, -0.25) is 19.3 Å². The summed E-state index contributed by atoms with van der Waals surface area (Å²) in [6.45, 7) is 0. The molecule has 0 radical (unpaired) electrons. The Labute approximate surface area is 180 Å². The number of hydrogen-bond acceptors (Lipinski definition) is 5. The first kappa shape index (κ1) is 19.8. The Morgan fingerprint density at radius 3 is 2.38 bits per heavy atom. The lowest BCUT2D eigenvalue weighted by atomic mass is 10.2. The number of imide groups is 1. The molecule has 2 heterocycles. The molecule has 3 amide bonds. The highest BCUT2D eigenvalue weighted by molar-refractivity contribution is 8.26. The van der Waals surface area contributed by atoms with Crippen LogP contribution in [0.3, 0.4) is 0 Å². The normalized spacial score (nSPS) is 21.0. The number of nitrogens with zero attached hydrogens (tertiary/aromatic N) is 2. The van der Waals surface area contributed by atoms with Gasteiger partial charge in [0, 0.05) is 5.02 Å². The van der Waals surface area contributed by atoms with Crippen molar-refractivity contribution in [3.05, 3.63) is 69.8 Å². The molecule has 9 heteroatoms. The molecule has 0 N–H and O–H groups in total. The molecule has 2 fully saturated rings. The molecular formula is C20H12ClFN2O3S2. The van der Waals surface area contributed by atoms with Crippen molar-refractivity contribution >= 4 is 69.4 Å². The van der Waals surface area contributed by atoms with Gasteiger partial charge in [-0.05, 0) is 48.0 Å². The molecule has 0 aliphatic carbocycles. The summed E-state index contributed by atoms with van der Waals surface area (Å²) in [7, 11) is 0. The summed E-state index contributed by atoms with van der Waals surface area (Å²) >= 11 is 12.2. The molecule has 4 rings (SSSR count). The second-order valence-electron chi connectivity index (χ2n) is 6.37. The zero-order chi connectivity index (χ0) is 20.7. The third-order valence-electron chi connectivity index (χ3n) is 4.51. The van der Waals surface area contributed by atoms with Gasteiger partial charge in [-0.2, -0.15) is 0 Å². The number of benzene rings is 2. The number of carbonyl (C=O) groups is 3. The van der Waals surface area contributed by atoms with Gasteiger partial charge >= 0.3 is 0 Å². The lowest BCUT2D eigenvalue weighted by molar-refractivity contribution is -0.129. The van der Waals surface area contributed by atoms with Gasteiger partial charge in [-0.1, -0.05) is 47.7 Å². The first-order chi connectivity index (χ1) is 13.8. The minimum atomic E-state index is -0.996. The summed E-state index contributed by atoms with van der Waals surface area (Å²) in [4.78, 5) is 40.9. The topological polar surface area (TPSA) is 57.7 Å². The molecule has 2 saturated heterocycles. The van der Waals surface area contributed by atoms with Crippen molar-refractivity contribution in [2.45, 2.75) is 12.5 Å². The van der Waals surface area contributed by atoms with Gasteiger partial charge < -0.3 is 0 Å². The molecular weight excluding hydrogens is 435 g/mol. The monoisotopic (exact) mass is 446 g/mol. The molecule has 29 heavy (non-hydrogen) atoms.